The van der Waals surface area contributed by atoms with Gasteiger partial charge in [0.05, 0.1) is 5.56 Å². The molecule has 0 bridgehead atoms. The molecule has 0 radical (unpaired) electrons. The third-order valence-corrected chi connectivity index (χ3v) is 3.45. The summed E-state index contributed by atoms with van der Waals surface area (Å²) in [5.41, 5.74) is 8.91. The van der Waals surface area contributed by atoms with E-state index in [0.29, 0.717) is 22.8 Å². The van der Waals surface area contributed by atoms with Crippen LogP contribution in [0.1, 0.15) is 21.5 Å². The van der Waals surface area contributed by atoms with Crippen molar-refractivity contribution in [3.05, 3.63) is 64.2 Å². The topological polar surface area (TPSA) is 46.3 Å². The van der Waals surface area contributed by atoms with E-state index in [0.717, 1.165) is 11.1 Å². The van der Waals surface area contributed by atoms with Gasteiger partial charge < -0.3 is 10.6 Å². The lowest BCUT2D eigenvalue weighted by molar-refractivity contribution is 0.0785. The van der Waals surface area contributed by atoms with Crippen LogP contribution in [0, 0.1) is 6.92 Å². The summed E-state index contributed by atoms with van der Waals surface area (Å²) in [5.74, 6) is -0.0736. The summed E-state index contributed by atoms with van der Waals surface area (Å²) in [5, 5.41) is 0.686. The lowest BCUT2D eigenvalue weighted by Gasteiger charge is -2.19. The molecule has 3 nitrogen and oxygen atoms in total. The summed E-state index contributed by atoms with van der Waals surface area (Å²) in [6.45, 7) is 2.41. The number of halogens is 1. The Morgan fingerprint density at radius 2 is 1.85 bits per heavy atom. The van der Waals surface area contributed by atoms with Crippen molar-refractivity contribution in [3.8, 4) is 0 Å². The van der Waals surface area contributed by atoms with Gasteiger partial charge in [-0.1, -0.05) is 35.9 Å². The Morgan fingerprint density at radius 3 is 2.45 bits per heavy atom. The maximum atomic E-state index is 12.5. The molecule has 0 unspecified atom stereocenters. The quantitative estimate of drug-likeness (QED) is 0.879. The molecule has 0 atom stereocenters. The molecule has 0 aromatic heterocycles. The molecule has 2 rings (SSSR count). The molecule has 20 heavy (non-hydrogen) atoms. The molecule has 0 saturated heterocycles. The van der Waals surface area contributed by atoms with E-state index in [1.54, 1.807) is 18.0 Å². The van der Waals surface area contributed by atoms with E-state index in [1.165, 1.54) is 0 Å². The van der Waals surface area contributed by atoms with Crippen LogP contribution >= 0.6 is 11.6 Å². The van der Waals surface area contributed by atoms with Crippen LogP contribution in [0.2, 0.25) is 5.02 Å². The van der Waals surface area contributed by atoms with Crippen molar-refractivity contribution in [2.75, 3.05) is 12.8 Å². The SMILES string of the molecule is Cc1cccc(N)c1C(=O)N(C)Cc1ccc(Cl)cc1. The van der Waals surface area contributed by atoms with Crippen LogP contribution in [-0.4, -0.2) is 17.9 Å². The molecule has 0 fully saturated rings. The number of amides is 1. The largest absolute Gasteiger partial charge is 0.398 e. The lowest BCUT2D eigenvalue weighted by Crippen LogP contribution is -2.27. The average molecular weight is 289 g/mol. The highest BCUT2D eigenvalue weighted by atomic mass is 35.5. The second-order valence-corrected chi connectivity index (χ2v) is 5.26. The van der Waals surface area contributed by atoms with Gasteiger partial charge in [0.2, 0.25) is 0 Å². The van der Waals surface area contributed by atoms with E-state index in [1.807, 2.05) is 43.3 Å². The monoisotopic (exact) mass is 288 g/mol. The number of anilines is 1. The van der Waals surface area contributed by atoms with Gasteiger partial charge in [-0.2, -0.15) is 0 Å². The Balaban J connectivity index is 2.18. The van der Waals surface area contributed by atoms with Crippen molar-refractivity contribution in [1.82, 2.24) is 4.90 Å². The van der Waals surface area contributed by atoms with Crippen molar-refractivity contribution >= 4 is 23.2 Å². The number of nitrogens with zero attached hydrogens (tertiary/aromatic N) is 1. The van der Waals surface area contributed by atoms with Crippen molar-refractivity contribution < 1.29 is 4.79 Å². The van der Waals surface area contributed by atoms with Gasteiger partial charge >= 0.3 is 0 Å². The van der Waals surface area contributed by atoms with Crippen LogP contribution in [0.25, 0.3) is 0 Å². The van der Waals surface area contributed by atoms with Gasteiger partial charge in [-0.05, 0) is 36.2 Å². The zero-order valence-corrected chi connectivity index (χ0v) is 12.3. The molecule has 0 aliphatic carbocycles. The maximum absolute atomic E-state index is 12.5. The first kappa shape index (κ1) is 14.4. The molecule has 0 heterocycles. The number of rotatable bonds is 3. The molecular formula is C16H17ClN2O. The lowest BCUT2D eigenvalue weighted by atomic mass is 10.1. The molecule has 0 spiro atoms. The van der Waals surface area contributed by atoms with E-state index in [-0.39, 0.29) is 5.91 Å². The summed E-state index contributed by atoms with van der Waals surface area (Å²) in [6.07, 6.45) is 0. The first-order chi connectivity index (χ1) is 9.49. The number of hydrogen-bond acceptors (Lipinski definition) is 2. The van der Waals surface area contributed by atoms with Crippen LogP contribution in [0.15, 0.2) is 42.5 Å². The predicted molar refractivity (Wildman–Crippen MR) is 82.8 cm³/mol. The molecular weight excluding hydrogens is 272 g/mol. The zero-order valence-electron chi connectivity index (χ0n) is 11.6. The normalized spacial score (nSPS) is 10.3. The van der Waals surface area contributed by atoms with Crippen molar-refractivity contribution in [2.24, 2.45) is 0 Å². The number of carbonyl (C=O) groups is 1. The molecule has 2 aromatic rings. The molecule has 0 aliphatic rings. The number of nitrogen functional groups attached to an aromatic ring is 1. The van der Waals surface area contributed by atoms with Gasteiger partial charge in [0.15, 0.2) is 0 Å². The van der Waals surface area contributed by atoms with Gasteiger partial charge in [-0.25, -0.2) is 0 Å². The van der Waals surface area contributed by atoms with Gasteiger partial charge in [0, 0.05) is 24.3 Å². The minimum absolute atomic E-state index is 0.0736. The fourth-order valence-corrected chi connectivity index (χ4v) is 2.23. The fraction of sp³-hybridized carbons (Fsp3) is 0.188. The van der Waals surface area contributed by atoms with E-state index < -0.39 is 0 Å². The Bertz CT molecular complexity index is 603. The van der Waals surface area contributed by atoms with Crippen LogP contribution in [0.4, 0.5) is 5.69 Å². The Labute approximate surface area is 124 Å². The van der Waals surface area contributed by atoms with Crippen LogP contribution in [0.3, 0.4) is 0 Å². The van der Waals surface area contributed by atoms with E-state index >= 15 is 0 Å². The second kappa shape index (κ2) is 5.97. The summed E-state index contributed by atoms with van der Waals surface area (Å²) in [7, 11) is 1.77. The van der Waals surface area contributed by atoms with Crippen molar-refractivity contribution in [3.63, 3.8) is 0 Å². The van der Waals surface area contributed by atoms with Crippen LogP contribution in [-0.2, 0) is 6.54 Å². The highest BCUT2D eigenvalue weighted by Gasteiger charge is 2.17. The van der Waals surface area contributed by atoms with E-state index in [2.05, 4.69) is 0 Å². The minimum atomic E-state index is -0.0736. The smallest absolute Gasteiger partial charge is 0.256 e. The number of hydrogen-bond donors (Lipinski definition) is 1. The Kier molecular flexibility index (Phi) is 4.30. The van der Waals surface area contributed by atoms with Gasteiger partial charge in [-0.15, -0.1) is 0 Å². The van der Waals surface area contributed by atoms with Gasteiger partial charge in [-0.3, -0.25) is 4.79 Å². The first-order valence-corrected chi connectivity index (χ1v) is 6.72. The molecule has 2 aromatic carbocycles. The summed E-state index contributed by atoms with van der Waals surface area (Å²) in [4.78, 5) is 14.1. The number of nitrogens with two attached hydrogens (primary N) is 1. The van der Waals surface area contributed by atoms with Crippen LogP contribution < -0.4 is 5.73 Å². The van der Waals surface area contributed by atoms with Crippen molar-refractivity contribution in [2.45, 2.75) is 13.5 Å². The minimum Gasteiger partial charge on any atom is -0.398 e. The molecule has 4 heteroatoms. The number of benzene rings is 2. The standard InChI is InChI=1S/C16H17ClN2O/c1-11-4-3-5-14(18)15(11)16(20)19(2)10-12-6-8-13(17)9-7-12/h3-9H,10,18H2,1-2H3. The van der Waals surface area contributed by atoms with Crippen molar-refractivity contribution in [1.29, 1.82) is 0 Å². The van der Waals surface area contributed by atoms with Crippen LogP contribution in [0.5, 0.6) is 0 Å². The Morgan fingerprint density at radius 1 is 1.20 bits per heavy atom. The second-order valence-electron chi connectivity index (χ2n) is 4.83. The van der Waals surface area contributed by atoms with Gasteiger partial charge in [0.1, 0.15) is 0 Å². The number of carbonyl (C=O) groups excluding carboxylic acids is 1. The third kappa shape index (κ3) is 3.11. The molecule has 0 aliphatic heterocycles. The maximum Gasteiger partial charge on any atom is 0.256 e. The Hall–Kier alpha value is -2.00. The molecule has 104 valence electrons. The molecule has 0 saturated carbocycles. The third-order valence-electron chi connectivity index (χ3n) is 3.20. The van der Waals surface area contributed by atoms with Gasteiger partial charge in [0.25, 0.3) is 5.91 Å². The highest BCUT2D eigenvalue weighted by molar-refractivity contribution is 6.30. The predicted octanol–water partition coefficient (Wildman–Crippen LogP) is 3.50. The number of aryl methyl sites for hydroxylation is 1. The average Bonchev–Trinajstić information content (AvgIpc) is 2.41. The summed E-state index contributed by atoms with van der Waals surface area (Å²) < 4.78 is 0. The summed E-state index contributed by atoms with van der Waals surface area (Å²) >= 11 is 5.85. The zero-order chi connectivity index (χ0) is 14.7. The molecule has 2 N–H and O–H groups in total. The molecule has 1 amide bonds. The highest BCUT2D eigenvalue weighted by Crippen LogP contribution is 2.19. The van der Waals surface area contributed by atoms with E-state index in [4.69, 9.17) is 17.3 Å². The first-order valence-electron chi connectivity index (χ1n) is 6.34. The van der Waals surface area contributed by atoms with E-state index in [9.17, 15) is 4.79 Å². The summed E-state index contributed by atoms with van der Waals surface area (Å²) in [6, 6.07) is 12.9. The fourth-order valence-electron chi connectivity index (χ4n) is 2.11.